The lowest BCUT2D eigenvalue weighted by atomic mass is 9.96. The van der Waals surface area contributed by atoms with Crippen molar-refractivity contribution in [3.63, 3.8) is 0 Å². The van der Waals surface area contributed by atoms with E-state index in [4.69, 9.17) is 0 Å². The minimum Gasteiger partial charge on any atom is -0.343 e. The summed E-state index contributed by atoms with van der Waals surface area (Å²) in [5.74, 6) is 0.279. The molecule has 1 aromatic carbocycles. The molecule has 126 valence electrons. The number of amides is 1. The zero-order chi connectivity index (χ0) is 16.8. The second kappa shape index (κ2) is 8.06. The smallest absolute Gasteiger partial charge is 0.269 e. The van der Waals surface area contributed by atoms with Crippen LogP contribution >= 0.6 is 0 Å². The lowest BCUT2D eigenvalue weighted by Gasteiger charge is -2.34. The highest BCUT2D eigenvalue weighted by molar-refractivity contribution is 5.79. The molecule has 1 amide bonds. The molecule has 0 N–H and O–H groups in total. The summed E-state index contributed by atoms with van der Waals surface area (Å²) < 4.78 is 0. The number of non-ortho nitro benzene ring substituents is 1. The lowest BCUT2D eigenvalue weighted by molar-refractivity contribution is -0.384. The fourth-order valence-electron chi connectivity index (χ4n) is 3.22. The van der Waals surface area contributed by atoms with E-state index in [0.717, 1.165) is 44.6 Å². The Hall–Kier alpha value is -1.95. The van der Waals surface area contributed by atoms with E-state index in [1.165, 1.54) is 6.07 Å². The number of piperidine rings is 1. The minimum atomic E-state index is -0.369. The maximum absolute atomic E-state index is 12.5. The van der Waals surface area contributed by atoms with Gasteiger partial charge in [0.25, 0.3) is 5.69 Å². The maximum Gasteiger partial charge on any atom is 0.269 e. The van der Waals surface area contributed by atoms with Gasteiger partial charge in [-0.1, -0.05) is 12.1 Å². The van der Waals surface area contributed by atoms with Crippen molar-refractivity contribution in [1.29, 1.82) is 0 Å². The van der Waals surface area contributed by atoms with Crippen molar-refractivity contribution in [2.75, 3.05) is 26.2 Å². The maximum atomic E-state index is 12.5. The van der Waals surface area contributed by atoms with E-state index < -0.39 is 0 Å². The predicted octanol–water partition coefficient (Wildman–Crippen LogP) is 2.68. The van der Waals surface area contributed by atoms with E-state index in [0.29, 0.717) is 6.54 Å². The van der Waals surface area contributed by atoms with E-state index >= 15 is 0 Å². The van der Waals surface area contributed by atoms with Crippen LogP contribution in [0.5, 0.6) is 0 Å². The van der Waals surface area contributed by atoms with Gasteiger partial charge in [0, 0.05) is 38.3 Å². The highest BCUT2D eigenvalue weighted by atomic mass is 16.6. The van der Waals surface area contributed by atoms with Gasteiger partial charge in [-0.15, -0.1) is 0 Å². The average Bonchev–Trinajstić information content (AvgIpc) is 2.56. The highest BCUT2D eigenvalue weighted by Gasteiger charge is 2.28. The van der Waals surface area contributed by atoms with Gasteiger partial charge in [-0.25, -0.2) is 0 Å². The Labute approximate surface area is 137 Å². The van der Waals surface area contributed by atoms with Gasteiger partial charge in [0.2, 0.25) is 5.91 Å². The summed E-state index contributed by atoms with van der Waals surface area (Å²) >= 11 is 0. The number of nitrogens with zero attached hydrogens (tertiary/aromatic N) is 3. The molecule has 0 unspecified atom stereocenters. The van der Waals surface area contributed by atoms with Crippen molar-refractivity contribution < 1.29 is 9.72 Å². The van der Waals surface area contributed by atoms with Gasteiger partial charge in [-0.3, -0.25) is 19.8 Å². The molecular weight excluding hydrogens is 294 g/mol. The summed E-state index contributed by atoms with van der Waals surface area (Å²) in [6.45, 7) is 7.83. The Bertz CT molecular complexity index is 558. The third kappa shape index (κ3) is 4.51. The Kier molecular flexibility index (Phi) is 6.10. The summed E-state index contributed by atoms with van der Waals surface area (Å²) in [5.41, 5.74) is 1.05. The van der Waals surface area contributed by atoms with E-state index in [1.807, 2.05) is 24.8 Å². The van der Waals surface area contributed by atoms with Crippen LogP contribution in [-0.2, 0) is 11.3 Å². The van der Waals surface area contributed by atoms with E-state index in [9.17, 15) is 14.9 Å². The number of nitro groups is 1. The largest absolute Gasteiger partial charge is 0.343 e. The lowest BCUT2D eigenvalue weighted by Crippen LogP contribution is -2.44. The first kappa shape index (κ1) is 17.4. The number of likely N-dealkylation sites (tertiary alicyclic amines) is 1. The number of hydrogen-bond acceptors (Lipinski definition) is 4. The SMILES string of the molecule is CCN(CC)C(=O)[C@H]1CCCN(Cc2cccc([N+](=O)[O-])c2)C1. The van der Waals surface area contributed by atoms with Gasteiger partial charge in [-0.05, 0) is 38.8 Å². The van der Waals surface area contributed by atoms with Crippen molar-refractivity contribution in [2.45, 2.75) is 33.2 Å². The molecule has 6 nitrogen and oxygen atoms in total. The van der Waals surface area contributed by atoms with Crippen LogP contribution in [0.2, 0.25) is 0 Å². The third-order valence-corrected chi connectivity index (χ3v) is 4.46. The molecule has 2 rings (SSSR count). The van der Waals surface area contributed by atoms with Crippen LogP contribution in [0.25, 0.3) is 0 Å². The van der Waals surface area contributed by atoms with Crippen LogP contribution < -0.4 is 0 Å². The van der Waals surface area contributed by atoms with Crippen LogP contribution in [0.4, 0.5) is 5.69 Å². The van der Waals surface area contributed by atoms with Crippen molar-refractivity contribution in [2.24, 2.45) is 5.92 Å². The van der Waals surface area contributed by atoms with Crippen molar-refractivity contribution in [3.05, 3.63) is 39.9 Å². The first-order valence-corrected chi connectivity index (χ1v) is 8.29. The monoisotopic (exact) mass is 319 g/mol. The predicted molar refractivity (Wildman–Crippen MR) is 89.0 cm³/mol. The van der Waals surface area contributed by atoms with Crippen molar-refractivity contribution in [1.82, 2.24) is 9.80 Å². The van der Waals surface area contributed by atoms with E-state index in [-0.39, 0.29) is 22.4 Å². The molecule has 1 aliphatic rings. The summed E-state index contributed by atoms with van der Waals surface area (Å²) in [5, 5.41) is 10.9. The second-order valence-corrected chi connectivity index (χ2v) is 6.01. The van der Waals surface area contributed by atoms with Gasteiger partial charge in [0.15, 0.2) is 0 Å². The molecule has 0 spiro atoms. The summed E-state index contributed by atoms with van der Waals surface area (Å²) in [4.78, 5) is 27.1. The van der Waals surface area contributed by atoms with Gasteiger partial charge in [0.1, 0.15) is 0 Å². The molecule has 0 bridgehead atoms. The number of benzene rings is 1. The Morgan fingerprint density at radius 3 is 2.78 bits per heavy atom. The molecule has 1 saturated heterocycles. The number of carbonyl (C=O) groups excluding carboxylic acids is 1. The van der Waals surface area contributed by atoms with Gasteiger partial charge in [0.05, 0.1) is 10.8 Å². The van der Waals surface area contributed by atoms with Crippen LogP contribution in [0.1, 0.15) is 32.3 Å². The van der Waals surface area contributed by atoms with E-state index in [2.05, 4.69) is 4.90 Å². The van der Waals surface area contributed by atoms with Crippen molar-refractivity contribution >= 4 is 11.6 Å². The number of rotatable bonds is 6. The molecule has 1 heterocycles. The fraction of sp³-hybridized carbons (Fsp3) is 0.588. The van der Waals surface area contributed by atoms with Crippen LogP contribution in [0.15, 0.2) is 24.3 Å². The molecule has 1 atom stereocenters. The molecule has 0 radical (unpaired) electrons. The molecule has 0 aliphatic carbocycles. The summed E-state index contributed by atoms with van der Waals surface area (Å²) in [6.07, 6.45) is 1.92. The fourth-order valence-corrected chi connectivity index (χ4v) is 3.22. The molecular formula is C17H25N3O3. The van der Waals surface area contributed by atoms with Gasteiger partial charge < -0.3 is 4.90 Å². The van der Waals surface area contributed by atoms with Gasteiger partial charge in [-0.2, -0.15) is 0 Å². The molecule has 1 aromatic rings. The number of carbonyl (C=O) groups is 1. The first-order valence-electron chi connectivity index (χ1n) is 8.29. The van der Waals surface area contributed by atoms with Crippen molar-refractivity contribution in [3.8, 4) is 0 Å². The number of nitro benzene ring substituents is 1. The van der Waals surface area contributed by atoms with Crippen LogP contribution in [0.3, 0.4) is 0 Å². The average molecular weight is 319 g/mol. The molecule has 1 aliphatic heterocycles. The molecule has 1 fully saturated rings. The van der Waals surface area contributed by atoms with Crippen LogP contribution in [0, 0.1) is 16.0 Å². The third-order valence-electron chi connectivity index (χ3n) is 4.46. The zero-order valence-corrected chi connectivity index (χ0v) is 13.9. The topological polar surface area (TPSA) is 66.7 Å². The quantitative estimate of drug-likeness (QED) is 0.597. The Balaban J connectivity index is 2.00. The Morgan fingerprint density at radius 1 is 1.39 bits per heavy atom. The van der Waals surface area contributed by atoms with E-state index in [1.54, 1.807) is 12.1 Å². The molecule has 23 heavy (non-hydrogen) atoms. The summed E-state index contributed by atoms with van der Waals surface area (Å²) in [7, 11) is 0. The first-order chi connectivity index (χ1) is 11.0. The normalized spacial score (nSPS) is 18.6. The summed E-state index contributed by atoms with van der Waals surface area (Å²) in [6, 6.07) is 6.75. The minimum absolute atomic E-state index is 0.0438. The van der Waals surface area contributed by atoms with Crippen LogP contribution in [-0.4, -0.2) is 46.8 Å². The van der Waals surface area contributed by atoms with Gasteiger partial charge >= 0.3 is 0 Å². The molecule has 0 saturated carbocycles. The standard InChI is InChI=1S/C17H25N3O3/c1-3-19(4-2)17(21)15-8-6-10-18(13-15)12-14-7-5-9-16(11-14)20(22)23/h5,7,9,11,15H,3-4,6,8,10,12-13H2,1-2H3/t15-/m0/s1. The molecule has 0 aromatic heterocycles. The Morgan fingerprint density at radius 2 is 2.13 bits per heavy atom. The second-order valence-electron chi connectivity index (χ2n) is 6.01. The number of hydrogen-bond donors (Lipinski definition) is 0. The highest BCUT2D eigenvalue weighted by Crippen LogP contribution is 2.22. The molecule has 6 heteroatoms. The zero-order valence-electron chi connectivity index (χ0n) is 13.9.